The second-order valence-electron chi connectivity index (χ2n) is 9.32. The molecule has 3 rings (SSSR count). The smallest absolute Gasteiger partial charge is 0.189 e. The molecule has 0 aliphatic carbocycles. The second-order valence-corrected chi connectivity index (χ2v) is 9.32. The first kappa shape index (κ1) is 24.6. The van der Waals surface area contributed by atoms with Crippen LogP contribution < -0.4 is 0 Å². The highest BCUT2D eigenvalue weighted by Gasteiger charge is 2.68. The summed E-state index contributed by atoms with van der Waals surface area (Å²) >= 11 is 0. The molecule has 2 fully saturated rings. The van der Waals surface area contributed by atoms with Crippen LogP contribution in [0.1, 0.15) is 79.7 Å². The zero-order chi connectivity index (χ0) is 23.8. The molecule has 0 aromatic heterocycles. The lowest BCUT2D eigenvalue weighted by Crippen LogP contribution is -2.55. The quantitative estimate of drug-likeness (QED) is 0.256. The third kappa shape index (κ3) is 4.17. The number of ketones is 1. The minimum atomic E-state index is -1.37. The number of phenolic OH excluding ortho intramolecular Hbond substituents is 2. The topological polar surface area (TPSA) is 137 Å². The summed E-state index contributed by atoms with van der Waals surface area (Å²) < 4.78 is 11.3. The standard InChI is InChI=1S/C24H34O8/c1-5-7-14(17-10-18(26)24(23(30)31-17)19(6-2)32-24)21(28)15-9-13(8-12(3)4)20(27)16(11-25)22(15)29/h9,11-12,14,17-19,23,26-27,29-30H,5-8,10H2,1-4H3/t14?,17-,18-,19+,23-,24+/m1/s1. The summed E-state index contributed by atoms with van der Waals surface area (Å²) in [4.78, 5) is 25.1. The van der Waals surface area contributed by atoms with Gasteiger partial charge in [0.15, 0.2) is 24.0 Å². The van der Waals surface area contributed by atoms with Crippen molar-refractivity contribution in [3.05, 3.63) is 22.8 Å². The van der Waals surface area contributed by atoms with Gasteiger partial charge in [0, 0.05) is 12.3 Å². The molecule has 8 nitrogen and oxygen atoms in total. The Labute approximate surface area is 188 Å². The van der Waals surface area contributed by atoms with Gasteiger partial charge in [-0.2, -0.15) is 0 Å². The molecule has 2 saturated heterocycles. The largest absolute Gasteiger partial charge is 0.507 e. The Hall–Kier alpha value is -2.00. The summed E-state index contributed by atoms with van der Waals surface area (Å²) in [5.41, 5.74) is -1.14. The SMILES string of the molecule is CCCC(C(=O)c1cc(CC(C)C)c(O)c(C=O)c1O)[C@H]1C[C@@H](O)[C@@]2(O[C@H]2CC)[C@H](O)O1. The van der Waals surface area contributed by atoms with Gasteiger partial charge in [-0.15, -0.1) is 0 Å². The molecule has 0 radical (unpaired) electrons. The number of aliphatic hydroxyl groups excluding tert-OH is 2. The molecular weight excluding hydrogens is 416 g/mol. The summed E-state index contributed by atoms with van der Waals surface area (Å²) in [6, 6.07) is 1.43. The van der Waals surface area contributed by atoms with Crippen molar-refractivity contribution >= 4 is 12.1 Å². The Bertz CT molecular complexity index is 852. The van der Waals surface area contributed by atoms with Crippen LogP contribution in [0.2, 0.25) is 0 Å². The monoisotopic (exact) mass is 450 g/mol. The number of Topliss-reactive ketones (excluding diaryl/α,β-unsaturated/α-hetero) is 1. The number of hydrogen-bond donors (Lipinski definition) is 4. The molecule has 0 amide bonds. The summed E-state index contributed by atoms with van der Waals surface area (Å²) in [7, 11) is 0. The molecule has 1 aromatic carbocycles. The van der Waals surface area contributed by atoms with E-state index in [1.54, 1.807) is 0 Å². The Morgan fingerprint density at radius 3 is 2.44 bits per heavy atom. The van der Waals surface area contributed by atoms with Crippen LogP contribution >= 0.6 is 0 Å². The molecule has 178 valence electrons. The van der Waals surface area contributed by atoms with Gasteiger partial charge in [0.25, 0.3) is 0 Å². The number of hydrogen-bond acceptors (Lipinski definition) is 8. The minimum Gasteiger partial charge on any atom is -0.507 e. The Balaban J connectivity index is 1.94. The number of aliphatic hydroxyl groups is 2. The van der Waals surface area contributed by atoms with E-state index >= 15 is 0 Å². The third-order valence-electron chi connectivity index (χ3n) is 6.61. The molecule has 32 heavy (non-hydrogen) atoms. The van der Waals surface area contributed by atoms with E-state index in [0.29, 0.717) is 37.5 Å². The molecule has 2 aliphatic heterocycles. The highest BCUT2D eigenvalue weighted by atomic mass is 16.7. The maximum Gasteiger partial charge on any atom is 0.189 e. The second kappa shape index (κ2) is 9.47. The maximum absolute atomic E-state index is 13.6. The fraction of sp³-hybridized carbons (Fsp3) is 0.667. The zero-order valence-corrected chi connectivity index (χ0v) is 19.1. The molecule has 1 unspecified atom stereocenters. The van der Waals surface area contributed by atoms with Gasteiger partial charge in [-0.05, 0) is 36.8 Å². The van der Waals surface area contributed by atoms with E-state index < -0.39 is 41.5 Å². The lowest BCUT2D eigenvalue weighted by molar-refractivity contribution is -0.239. The van der Waals surface area contributed by atoms with E-state index in [0.717, 1.165) is 0 Å². The van der Waals surface area contributed by atoms with Crippen molar-refractivity contribution in [2.45, 2.75) is 90.0 Å². The molecule has 8 heteroatoms. The van der Waals surface area contributed by atoms with E-state index in [4.69, 9.17) is 9.47 Å². The van der Waals surface area contributed by atoms with E-state index in [9.17, 15) is 30.0 Å². The summed E-state index contributed by atoms with van der Waals surface area (Å²) in [5, 5.41) is 42.3. The van der Waals surface area contributed by atoms with Gasteiger partial charge in [-0.3, -0.25) is 9.59 Å². The number of benzene rings is 1. The van der Waals surface area contributed by atoms with Crippen molar-refractivity contribution in [3.63, 3.8) is 0 Å². The molecule has 1 spiro atoms. The number of aromatic hydroxyl groups is 2. The number of carbonyl (C=O) groups excluding carboxylic acids is 2. The molecule has 6 atom stereocenters. The van der Waals surface area contributed by atoms with Crippen LogP contribution in [0.25, 0.3) is 0 Å². The van der Waals surface area contributed by atoms with E-state index in [2.05, 4.69) is 0 Å². The Morgan fingerprint density at radius 1 is 1.25 bits per heavy atom. The minimum absolute atomic E-state index is 0.0685. The van der Waals surface area contributed by atoms with Crippen LogP contribution in [0.15, 0.2) is 6.07 Å². The third-order valence-corrected chi connectivity index (χ3v) is 6.61. The molecule has 0 saturated carbocycles. The normalized spacial score (nSPS) is 30.5. The average molecular weight is 451 g/mol. The highest BCUT2D eigenvalue weighted by Crippen LogP contribution is 2.50. The summed E-state index contributed by atoms with van der Waals surface area (Å²) in [6.07, 6.45) is -0.969. The van der Waals surface area contributed by atoms with Gasteiger partial charge in [0.1, 0.15) is 11.5 Å². The number of aldehydes is 1. The number of epoxide rings is 1. The van der Waals surface area contributed by atoms with E-state index in [1.165, 1.54) is 6.07 Å². The predicted octanol–water partition coefficient (Wildman–Crippen LogP) is 2.72. The highest BCUT2D eigenvalue weighted by molar-refractivity contribution is 6.04. The van der Waals surface area contributed by atoms with Crippen LogP contribution in [0.3, 0.4) is 0 Å². The Kier molecular flexibility index (Phi) is 7.29. The molecule has 4 N–H and O–H groups in total. The lowest BCUT2D eigenvalue weighted by atomic mass is 9.80. The van der Waals surface area contributed by atoms with Crippen LogP contribution in [0.4, 0.5) is 0 Å². The Morgan fingerprint density at radius 2 is 1.94 bits per heavy atom. The van der Waals surface area contributed by atoms with Gasteiger partial charge >= 0.3 is 0 Å². The van der Waals surface area contributed by atoms with Crippen LogP contribution in [0.5, 0.6) is 11.5 Å². The van der Waals surface area contributed by atoms with Crippen LogP contribution in [-0.2, 0) is 15.9 Å². The molecule has 1 aromatic rings. The fourth-order valence-electron chi connectivity index (χ4n) is 4.91. The first-order valence-electron chi connectivity index (χ1n) is 11.4. The van der Waals surface area contributed by atoms with Gasteiger partial charge in [-0.25, -0.2) is 0 Å². The van der Waals surface area contributed by atoms with Crippen LogP contribution in [-0.4, -0.2) is 62.7 Å². The van der Waals surface area contributed by atoms with Crippen molar-refractivity contribution in [1.82, 2.24) is 0 Å². The van der Waals surface area contributed by atoms with Gasteiger partial charge < -0.3 is 29.9 Å². The first-order chi connectivity index (χ1) is 15.1. The number of rotatable bonds is 9. The zero-order valence-electron chi connectivity index (χ0n) is 19.1. The van der Waals surface area contributed by atoms with E-state index in [1.807, 2.05) is 27.7 Å². The lowest BCUT2D eigenvalue weighted by Gasteiger charge is -2.39. The number of carbonyl (C=O) groups is 2. The van der Waals surface area contributed by atoms with Crippen molar-refractivity contribution < 1.29 is 39.5 Å². The van der Waals surface area contributed by atoms with Gasteiger partial charge in [0.05, 0.1) is 29.4 Å². The van der Waals surface area contributed by atoms with Gasteiger partial charge in [0.2, 0.25) is 0 Å². The number of ether oxygens (including phenoxy) is 2. The number of phenols is 2. The first-order valence-corrected chi connectivity index (χ1v) is 11.4. The fourth-order valence-corrected chi connectivity index (χ4v) is 4.91. The van der Waals surface area contributed by atoms with Gasteiger partial charge in [-0.1, -0.05) is 34.1 Å². The molecular formula is C24H34O8. The maximum atomic E-state index is 13.6. The summed E-state index contributed by atoms with van der Waals surface area (Å²) in [5.74, 6) is -1.97. The van der Waals surface area contributed by atoms with Crippen LogP contribution in [0, 0.1) is 11.8 Å². The average Bonchev–Trinajstić information content (AvgIpc) is 3.48. The predicted molar refractivity (Wildman–Crippen MR) is 116 cm³/mol. The van der Waals surface area contributed by atoms with Crippen molar-refractivity contribution in [1.29, 1.82) is 0 Å². The van der Waals surface area contributed by atoms with E-state index in [-0.39, 0.29) is 35.3 Å². The van der Waals surface area contributed by atoms with Crippen molar-refractivity contribution in [3.8, 4) is 11.5 Å². The molecule has 2 aliphatic rings. The summed E-state index contributed by atoms with van der Waals surface area (Å²) in [6.45, 7) is 7.66. The van der Waals surface area contributed by atoms with Crippen molar-refractivity contribution in [2.24, 2.45) is 11.8 Å². The molecule has 0 bridgehead atoms. The molecule has 2 heterocycles. The van der Waals surface area contributed by atoms with Crippen molar-refractivity contribution in [2.75, 3.05) is 0 Å².